The summed E-state index contributed by atoms with van der Waals surface area (Å²) in [4.78, 5) is 0. The average Bonchev–Trinajstić information content (AvgIpc) is 2.47. The monoisotopic (exact) mass is 254 g/mol. The predicted molar refractivity (Wildman–Crippen MR) is 78.5 cm³/mol. The topological polar surface area (TPSA) is 18.5 Å². The van der Waals surface area contributed by atoms with Gasteiger partial charge in [-0.15, -0.1) is 0 Å². The van der Waals surface area contributed by atoms with Crippen LogP contribution >= 0.6 is 0 Å². The zero-order valence-corrected chi connectivity index (χ0v) is 11.3. The molecule has 2 aromatic rings. The first-order valence-corrected chi connectivity index (χ1v) is 6.31. The van der Waals surface area contributed by atoms with Crippen molar-refractivity contribution >= 4 is 6.08 Å². The van der Waals surface area contributed by atoms with Crippen LogP contribution in [-0.4, -0.2) is 7.11 Å². The number of hydrogen-bond acceptors (Lipinski definition) is 2. The van der Waals surface area contributed by atoms with Crippen LogP contribution in [0, 0.1) is 0 Å². The quantitative estimate of drug-likeness (QED) is 0.791. The van der Waals surface area contributed by atoms with Gasteiger partial charge in [0.25, 0.3) is 0 Å². The molecule has 0 atom stereocenters. The summed E-state index contributed by atoms with van der Waals surface area (Å²) in [5.41, 5.74) is 2.24. The molecule has 0 aliphatic heterocycles. The van der Waals surface area contributed by atoms with Crippen LogP contribution in [-0.2, 0) is 6.61 Å². The van der Waals surface area contributed by atoms with Crippen LogP contribution in [0.4, 0.5) is 0 Å². The molecule has 2 heteroatoms. The number of ether oxygens (including phenoxy) is 2. The van der Waals surface area contributed by atoms with Crippen molar-refractivity contribution in [2.24, 2.45) is 0 Å². The van der Waals surface area contributed by atoms with Gasteiger partial charge in [0.15, 0.2) is 11.5 Å². The van der Waals surface area contributed by atoms with Crippen LogP contribution in [0.15, 0.2) is 54.6 Å². The predicted octanol–water partition coefficient (Wildman–Crippen LogP) is 4.31. The Labute approximate surface area is 114 Å². The summed E-state index contributed by atoms with van der Waals surface area (Å²) >= 11 is 0. The maximum Gasteiger partial charge on any atom is 0.161 e. The lowest BCUT2D eigenvalue weighted by molar-refractivity contribution is 0.284. The van der Waals surface area contributed by atoms with Gasteiger partial charge in [-0.25, -0.2) is 0 Å². The second-order valence-electron chi connectivity index (χ2n) is 4.18. The summed E-state index contributed by atoms with van der Waals surface area (Å²) in [6, 6.07) is 16.0. The van der Waals surface area contributed by atoms with E-state index in [0.717, 1.165) is 22.6 Å². The Kier molecular flexibility index (Phi) is 4.62. The van der Waals surface area contributed by atoms with E-state index in [0.29, 0.717) is 6.61 Å². The molecular weight excluding hydrogens is 236 g/mol. The molecule has 0 saturated carbocycles. The molecule has 2 nitrogen and oxygen atoms in total. The van der Waals surface area contributed by atoms with Crippen molar-refractivity contribution < 1.29 is 9.47 Å². The first-order chi connectivity index (χ1) is 9.33. The number of allylic oxidation sites excluding steroid dienone is 1. The van der Waals surface area contributed by atoms with E-state index < -0.39 is 0 Å². The van der Waals surface area contributed by atoms with Crippen LogP contribution in [0.1, 0.15) is 18.1 Å². The standard InChI is InChI=1S/C17H18O2/c1-3-7-14-10-11-16(17(12-14)18-2)19-13-15-8-5-4-6-9-15/h3-12H,13H2,1-2H3/b7-3-. The van der Waals surface area contributed by atoms with Crippen LogP contribution in [0.2, 0.25) is 0 Å². The Balaban J connectivity index is 2.11. The number of hydrogen-bond donors (Lipinski definition) is 0. The lowest BCUT2D eigenvalue weighted by Crippen LogP contribution is -1.97. The fourth-order valence-corrected chi connectivity index (χ4v) is 1.83. The molecule has 2 aromatic carbocycles. The van der Waals surface area contributed by atoms with Crippen molar-refractivity contribution in [1.29, 1.82) is 0 Å². The molecule has 0 amide bonds. The van der Waals surface area contributed by atoms with E-state index >= 15 is 0 Å². The minimum atomic E-state index is 0.542. The van der Waals surface area contributed by atoms with E-state index in [4.69, 9.17) is 9.47 Å². The third kappa shape index (κ3) is 3.62. The maximum atomic E-state index is 5.80. The fourth-order valence-electron chi connectivity index (χ4n) is 1.83. The van der Waals surface area contributed by atoms with Crippen LogP contribution in [0.5, 0.6) is 11.5 Å². The highest BCUT2D eigenvalue weighted by atomic mass is 16.5. The van der Waals surface area contributed by atoms with Gasteiger partial charge in [0.2, 0.25) is 0 Å². The summed E-state index contributed by atoms with van der Waals surface area (Å²) in [6.07, 6.45) is 4.03. The zero-order valence-electron chi connectivity index (χ0n) is 11.3. The summed E-state index contributed by atoms with van der Waals surface area (Å²) in [5.74, 6) is 1.52. The molecule has 0 aliphatic carbocycles. The van der Waals surface area contributed by atoms with Gasteiger partial charge in [0.1, 0.15) is 6.61 Å². The fraction of sp³-hybridized carbons (Fsp3) is 0.176. The van der Waals surface area contributed by atoms with Gasteiger partial charge in [-0.05, 0) is 30.2 Å². The van der Waals surface area contributed by atoms with E-state index in [1.807, 2.05) is 67.6 Å². The minimum Gasteiger partial charge on any atom is -0.493 e. The highest BCUT2D eigenvalue weighted by molar-refractivity contribution is 5.55. The van der Waals surface area contributed by atoms with E-state index in [2.05, 4.69) is 0 Å². The summed E-state index contributed by atoms with van der Waals surface area (Å²) in [7, 11) is 1.66. The van der Waals surface area contributed by atoms with Gasteiger partial charge in [-0.3, -0.25) is 0 Å². The highest BCUT2D eigenvalue weighted by Crippen LogP contribution is 2.29. The molecule has 19 heavy (non-hydrogen) atoms. The van der Waals surface area contributed by atoms with Gasteiger partial charge in [0.05, 0.1) is 7.11 Å². The number of methoxy groups -OCH3 is 1. The molecule has 0 radical (unpaired) electrons. The largest absolute Gasteiger partial charge is 0.493 e. The Morgan fingerprint density at radius 2 is 1.79 bits per heavy atom. The Morgan fingerprint density at radius 1 is 1.00 bits per heavy atom. The Hall–Kier alpha value is -2.22. The van der Waals surface area contributed by atoms with Crippen molar-refractivity contribution in [3.05, 3.63) is 65.7 Å². The lowest BCUT2D eigenvalue weighted by atomic mass is 10.2. The molecule has 0 saturated heterocycles. The van der Waals surface area contributed by atoms with Crippen molar-refractivity contribution in [3.63, 3.8) is 0 Å². The molecule has 0 bridgehead atoms. The van der Waals surface area contributed by atoms with Gasteiger partial charge >= 0.3 is 0 Å². The van der Waals surface area contributed by atoms with E-state index in [-0.39, 0.29) is 0 Å². The molecule has 0 N–H and O–H groups in total. The molecule has 0 spiro atoms. The molecule has 0 unspecified atom stereocenters. The normalized spacial score (nSPS) is 10.6. The van der Waals surface area contributed by atoms with Crippen LogP contribution < -0.4 is 9.47 Å². The Bertz CT molecular complexity index is 544. The third-order valence-electron chi connectivity index (χ3n) is 2.78. The van der Waals surface area contributed by atoms with E-state index in [1.54, 1.807) is 7.11 Å². The van der Waals surface area contributed by atoms with Gasteiger partial charge < -0.3 is 9.47 Å². The molecule has 0 aliphatic rings. The molecule has 0 heterocycles. The first-order valence-electron chi connectivity index (χ1n) is 6.31. The maximum absolute atomic E-state index is 5.80. The van der Waals surface area contributed by atoms with Gasteiger partial charge in [0, 0.05) is 0 Å². The second-order valence-corrected chi connectivity index (χ2v) is 4.18. The number of rotatable bonds is 5. The molecule has 98 valence electrons. The van der Waals surface area contributed by atoms with Crippen molar-refractivity contribution in [3.8, 4) is 11.5 Å². The SMILES string of the molecule is C/C=C\c1ccc(OCc2ccccc2)c(OC)c1. The Morgan fingerprint density at radius 3 is 2.47 bits per heavy atom. The first kappa shape index (κ1) is 13.2. The minimum absolute atomic E-state index is 0.542. The van der Waals surface area contributed by atoms with E-state index in [9.17, 15) is 0 Å². The number of benzene rings is 2. The van der Waals surface area contributed by atoms with Crippen molar-refractivity contribution in [2.75, 3.05) is 7.11 Å². The van der Waals surface area contributed by atoms with Gasteiger partial charge in [-0.1, -0.05) is 48.6 Å². The van der Waals surface area contributed by atoms with Crippen LogP contribution in [0.25, 0.3) is 6.08 Å². The van der Waals surface area contributed by atoms with Crippen molar-refractivity contribution in [1.82, 2.24) is 0 Å². The summed E-state index contributed by atoms with van der Waals surface area (Å²) in [6.45, 7) is 2.53. The molecular formula is C17H18O2. The smallest absolute Gasteiger partial charge is 0.161 e. The summed E-state index contributed by atoms with van der Waals surface area (Å²) in [5, 5.41) is 0. The zero-order chi connectivity index (χ0) is 13.5. The van der Waals surface area contributed by atoms with Gasteiger partial charge in [-0.2, -0.15) is 0 Å². The van der Waals surface area contributed by atoms with Crippen molar-refractivity contribution in [2.45, 2.75) is 13.5 Å². The van der Waals surface area contributed by atoms with E-state index in [1.165, 1.54) is 0 Å². The lowest BCUT2D eigenvalue weighted by Gasteiger charge is -2.11. The van der Waals surface area contributed by atoms with Crippen LogP contribution in [0.3, 0.4) is 0 Å². The molecule has 0 fully saturated rings. The molecule has 2 rings (SSSR count). The highest BCUT2D eigenvalue weighted by Gasteiger charge is 2.04. The average molecular weight is 254 g/mol. The third-order valence-corrected chi connectivity index (χ3v) is 2.78. The molecule has 0 aromatic heterocycles. The second kappa shape index (κ2) is 6.64. The summed E-state index contributed by atoms with van der Waals surface area (Å²) < 4.78 is 11.2.